The zero-order valence-electron chi connectivity index (χ0n) is 20.0. The molecule has 0 bridgehead atoms. The van der Waals surface area contributed by atoms with Crippen LogP contribution in [0.5, 0.6) is 17.2 Å². The molecule has 0 fully saturated rings. The highest BCUT2D eigenvalue weighted by Crippen LogP contribution is 2.42. The van der Waals surface area contributed by atoms with Gasteiger partial charge in [-0.1, -0.05) is 18.2 Å². The van der Waals surface area contributed by atoms with Crippen molar-refractivity contribution in [1.29, 1.82) is 0 Å². The first kappa shape index (κ1) is 24.2. The number of furan rings is 1. The SMILES string of the molecule is COCCCN1C(=O)C(O)=C(C(=O)c2cc3cccc(OC)c3o2)C1c1ccc(OC)c(OC)c1. The lowest BCUT2D eigenvalue weighted by molar-refractivity contribution is -0.129. The van der Waals surface area contributed by atoms with Gasteiger partial charge in [0.25, 0.3) is 5.91 Å². The normalized spacial score (nSPS) is 15.7. The third-order valence-electron chi connectivity index (χ3n) is 5.97. The summed E-state index contributed by atoms with van der Waals surface area (Å²) in [4.78, 5) is 28.2. The van der Waals surface area contributed by atoms with Gasteiger partial charge in [-0.05, 0) is 36.2 Å². The van der Waals surface area contributed by atoms with Crippen LogP contribution in [0.3, 0.4) is 0 Å². The first-order valence-electron chi connectivity index (χ1n) is 11.0. The smallest absolute Gasteiger partial charge is 0.290 e. The van der Waals surface area contributed by atoms with Gasteiger partial charge in [0.05, 0.1) is 32.9 Å². The summed E-state index contributed by atoms with van der Waals surface area (Å²) in [7, 11) is 6.09. The van der Waals surface area contributed by atoms with E-state index in [9.17, 15) is 14.7 Å². The molecule has 0 aliphatic carbocycles. The van der Waals surface area contributed by atoms with Crippen LogP contribution in [0.1, 0.15) is 28.6 Å². The van der Waals surface area contributed by atoms with Gasteiger partial charge in [-0.3, -0.25) is 9.59 Å². The minimum absolute atomic E-state index is 0.0110. The van der Waals surface area contributed by atoms with Crippen LogP contribution in [-0.2, 0) is 9.53 Å². The summed E-state index contributed by atoms with van der Waals surface area (Å²) < 4.78 is 27.0. The van der Waals surface area contributed by atoms with Crippen molar-refractivity contribution in [3.05, 3.63) is 65.1 Å². The van der Waals surface area contributed by atoms with Gasteiger partial charge in [0.1, 0.15) is 0 Å². The number of carbonyl (C=O) groups excluding carboxylic acids is 2. The minimum Gasteiger partial charge on any atom is -0.503 e. The number of amides is 1. The Kier molecular flexibility index (Phi) is 6.97. The molecule has 1 atom stereocenters. The van der Waals surface area contributed by atoms with Crippen LogP contribution in [0.2, 0.25) is 0 Å². The molecule has 1 N–H and O–H groups in total. The maximum Gasteiger partial charge on any atom is 0.290 e. The number of carbonyl (C=O) groups is 2. The van der Waals surface area contributed by atoms with Crippen molar-refractivity contribution in [2.24, 2.45) is 0 Å². The van der Waals surface area contributed by atoms with Crippen LogP contribution in [-0.4, -0.2) is 63.3 Å². The van der Waals surface area contributed by atoms with E-state index in [0.717, 1.165) is 0 Å². The van der Waals surface area contributed by atoms with E-state index in [0.29, 0.717) is 46.8 Å². The maximum atomic E-state index is 13.7. The number of ketones is 1. The van der Waals surface area contributed by atoms with Crippen molar-refractivity contribution in [2.45, 2.75) is 12.5 Å². The molecule has 1 aliphatic rings. The Morgan fingerprint density at radius 3 is 2.43 bits per heavy atom. The number of fused-ring (bicyclic) bond motifs is 1. The van der Waals surface area contributed by atoms with E-state index in [1.807, 2.05) is 0 Å². The molecule has 3 aromatic rings. The number of methoxy groups -OCH3 is 4. The van der Waals surface area contributed by atoms with Gasteiger partial charge in [-0.2, -0.15) is 0 Å². The summed E-state index contributed by atoms with van der Waals surface area (Å²) in [6.45, 7) is 0.677. The van der Waals surface area contributed by atoms with E-state index in [1.54, 1.807) is 49.6 Å². The number of nitrogens with zero attached hydrogens (tertiary/aromatic N) is 1. The molecule has 2 aromatic carbocycles. The first-order valence-corrected chi connectivity index (χ1v) is 11.0. The highest BCUT2D eigenvalue weighted by molar-refractivity contribution is 6.16. The number of hydrogen-bond donors (Lipinski definition) is 1. The standard InChI is InChI=1S/C26H27NO8/c1-31-12-6-11-27-22(15-9-10-17(32-2)19(13-15)34-4)21(24(29)26(27)30)23(28)20-14-16-7-5-8-18(33-3)25(16)35-20/h5,7-10,13-14,22,29H,6,11-12H2,1-4H3. The highest BCUT2D eigenvalue weighted by Gasteiger charge is 2.44. The van der Waals surface area contributed by atoms with Gasteiger partial charge in [0, 0.05) is 25.6 Å². The molecule has 9 nitrogen and oxygen atoms in total. The quantitative estimate of drug-likeness (QED) is 0.341. The zero-order chi connectivity index (χ0) is 25.1. The van der Waals surface area contributed by atoms with Crippen LogP contribution in [0.4, 0.5) is 0 Å². The molecule has 35 heavy (non-hydrogen) atoms. The third kappa shape index (κ3) is 4.30. The van der Waals surface area contributed by atoms with Crippen molar-refractivity contribution in [1.82, 2.24) is 4.90 Å². The second-order valence-electron chi connectivity index (χ2n) is 7.94. The van der Waals surface area contributed by atoms with Gasteiger partial charge < -0.3 is 33.4 Å². The summed E-state index contributed by atoms with van der Waals surface area (Å²) in [5.74, 6) is -0.457. The molecule has 0 saturated heterocycles. The molecule has 0 spiro atoms. The predicted octanol–water partition coefficient (Wildman–Crippen LogP) is 4.07. The largest absolute Gasteiger partial charge is 0.503 e. The van der Waals surface area contributed by atoms with Gasteiger partial charge in [-0.15, -0.1) is 0 Å². The fourth-order valence-electron chi connectivity index (χ4n) is 4.31. The van der Waals surface area contributed by atoms with E-state index in [4.69, 9.17) is 23.4 Å². The van der Waals surface area contributed by atoms with Crippen LogP contribution in [0.15, 0.2) is 58.2 Å². The van der Waals surface area contributed by atoms with Crippen LogP contribution in [0, 0.1) is 0 Å². The van der Waals surface area contributed by atoms with Crippen molar-refractivity contribution < 1.29 is 38.1 Å². The Morgan fingerprint density at radius 1 is 1.00 bits per heavy atom. The number of ether oxygens (including phenoxy) is 4. The number of benzene rings is 2. The summed E-state index contributed by atoms with van der Waals surface area (Å²) in [5.41, 5.74) is 0.912. The molecule has 1 amide bonds. The van der Waals surface area contributed by atoms with E-state index in [1.165, 1.54) is 26.2 Å². The van der Waals surface area contributed by atoms with E-state index < -0.39 is 23.5 Å². The Hall–Kier alpha value is -3.98. The van der Waals surface area contributed by atoms with Crippen molar-refractivity contribution in [2.75, 3.05) is 41.6 Å². The Balaban J connectivity index is 1.81. The summed E-state index contributed by atoms with van der Waals surface area (Å²) in [5, 5.41) is 11.5. The summed E-state index contributed by atoms with van der Waals surface area (Å²) >= 11 is 0. The van der Waals surface area contributed by atoms with Crippen LogP contribution < -0.4 is 14.2 Å². The molecular formula is C26H27NO8. The molecule has 4 rings (SSSR count). The number of aliphatic hydroxyl groups excluding tert-OH is 1. The van der Waals surface area contributed by atoms with Crippen LogP contribution in [0.25, 0.3) is 11.0 Å². The van der Waals surface area contributed by atoms with Crippen molar-refractivity contribution in [3.63, 3.8) is 0 Å². The van der Waals surface area contributed by atoms with Gasteiger partial charge in [-0.25, -0.2) is 0 Å². The Bertz CT molecular complexity index is 1290. The average molecular weight is 482 g/mol. The van der Waals surface area contributed by atoms with Crippen molar-refractivity contribution >= 4 is 22.7 Å². The number of rotatable bonds is 10. The number of Topliss-reactive ketones (excluding diaryl/α,β-unsaturated/α-hetero) is 1. The van der Waals surface area contributed by atoms with Crippen LogP contribution >= 0.6 is 0 Å². The van der Waals surface area contributed by atoms with Gasteiger partial charge in [0.2, 0.25) is 5.78 Å². The van der Waals surface area contributed by atoms with Crippen molar-refractivity contribution in [3.8, 4) is 17.2 Å². The summed E-state index contributed by atoms with van der Waals surface area (Å²) in [6.07, 6.45) is 0.516. The van der Waals surface area contributed by atoms with Gasteiger partial charge >= 0.3 is 0 Å². The molecule has 0 radical (unpaired) electrons. The molecule has 1 unspecified atom stereocenters. The topological polar surface area (TPSA) is 108 Å². The first-order chi connectivity index (χ1) is 16.9. The number of para-hydroxylation sites is 1. The Morgan fingerprint density at radius 2 is 1.74 bits per heavy atom. The molecule has 1 aromatic heterocycles. The average Bonchev–Trinajstić information content (AvgIpc) is 3.43. The molecule has 0 saturated carbocycles. The molecule has 1 aliphatic heterocycles. The lowest BCUT2D eigenvalue weighted by atomic mass is 9.94. The highest BCUT2D eigenvalue weighted by atomic mass is 16.5. The fourth-order valence-corrected chi connectivity index (χ4v) is 4.31. The lowest BCUT2D eigenvalue weighted by Gasteiger charge is -2.27. The van der Waals surface area contributed by atoms with E-state index >= 15 is 0 Å². The maximum absolute atomic E-state index is 13.7. The molecule has 2 heterocycles. The number of aliphatic hydroxyl groups is 1. The second-order valence-corrected chi connectivity index (χ2v) is 7.94. The third-order valence-corrected chi connectivity index (χ3v) is 5.97. The minimum atomic E-state index is -0.859. The summed E-state index contributed by atoms with van der Waals surface area (Å²) in [6, 6.07) is 11.1. The fraction of sp³-hybridized carbons (Fsp3) is 0.308. The Labute approximate surface area is 202 Å². The number of hydrogen-bond acceptors (Lipinski definition) is 8. The second kappa shape index (κ2) is 10.1. The molecule has 9 heteroatoms. The molecular weight excluding hydrogens is 454 g/mol. The zero-order valence-corrected chi connectivity index (χ0v) is 20.0. The van der Waals surface area contributed by atoms with Gasteiger partial charge in [0.15, 0.2) is 34.4 Å². The van der Waals surface area contributed by atoms with E-state index in [-0.39, 0.29) is 17.9 Å². The lowest BCUT2D eigenvalue weighted by Crippen LogP contribution is -2.32. The predicted molar refractivity (Wildman–Crippen MR) is 127 cm³/mol. The molecule has 184 valence electrons. The monoisotopic (exact) mass is 481 g/mol. The van der Waals surface area contributed by atoms with E-state index in [2.05, 4.69) is 0 Å².